The number of thioether (sulfide) groups is 1. The first-order valence-electron chi connectivity index (χ1n) is 5.03. The molecule has 1 N–H and O–H groups in total. The number of nitrogens with one attached hydrogen (secondary N) is 1. The van der Waals surface area contributed by atoms with Gasteiger partial charge in [-0.3, -0.25) is 0 Å². The lowest BCUT2D eigenvalue weighted by Gasteiger charge is -2.20. The van der Waals surface area contributed by atoms with E-state index in [1.54, 1.807) is 0 Å². The van der Waals surface area contributed by atoms with Crippen molar-refractivity contribution in [1.82, 2.24) is 9.55 Å². The van der Waals surface area contributed by atoms with Crippen LogP contribution in [0.5, 0.6) is 0 Å². The van der Waals surface area contributed by atoms with Crippen LogP contribution in [0.4, 0.5) is 0 Å². The number of aryl methyl sites for hydroxylation is 1. The van der Waals surface area contributed by atoms with E-state index in [2.05, 4.69) is 22.7 Å². The van der Waals surface area contributed by atoms with Gasteiger partial charge in [0.15, 0.2) is 4.77 Å². The summed E-state index contributed by atoms with van der Waals surface area (Å²) in [4.78, 5) is 3.13. The van der Waals surface area contributed by atoms with E-state index in [4.69, 9.17) is 12.2 Å². The Bertz CT molecular complexity index is 366. The molecule has 0 saturated heterocycles. The number of imidazole rings is 1. The van der Waals surface area contributed by atoms with E-state index >= 15 is 0 Å². The zero-order valence-corrected chi connectivity index (χ0v) is 10.3. The highest BCUT2D eigenvalue weighted by molar-refractivity contribution is 7.99. The lowest BCUT2D eigenvalue weighted by molar-refractivity contribution is 0.512. The molecular weight excluding hydrogens is 212 g/mol. The van der Waals surface area contributed by atoms with Gasteiger partial charge in [0.25, 0.3) is 0 Å². The van der Waals surface area contributed by atoms with Crippen LogP contribution in [0.2, 0.25) is 0 Å². The molecule has 2 unspecified atom stereocenters. The summed E-state index contributed by atoms with van der Waals surface area (Å²) in [5, 5.41) is 0.746. The standard InChI is InChI=1S/C10H16N2S2/c1-7-6-11-10(13)12(7)8-4-3-5-9(8)14-2/h6,8-9H,3-5H2,1-2H3,(H,11,13). The number of hydrogen-bond donors (Lipinski definition) is 1. The Kier molecular flexibility index (Phi) is 3.02. The minimum absolute atomic E-state index is 0.615. The van der Waals surface area contributed by atoms with Crippen molar-refractivity contribution in [2.24, 2.45) is 0 Å². The highest BCUT2D eigenvalue weighted by atomic mass is 32.2. The zero-order chi connectivity index (χ0) is 10.1. The van der Waals surface area contributed by atoms with Gasteiger partial charge in [-0.1, -0.05) is 6.42 Å². The fourth-order valence-corrected chi connectivity index (χ4v) is 3.67. The van der Waals surface area contributed by atoms with Gasteiger partial charge in [-0.05, 0) is 38.2 Å². The Morgan fingerprint density at radius 1 is 1.57 bits per heavy atom. The van der Waals surface area contributed by atoms with Crippen LogP contribution in [0.25, 0.3) is 0 Å². The second-order valence-electron chi connectivity index (χ2n) is 3.88. The van der Waals surface area contributed by atoms with Crippen LogP contribution in [-0.2, 0) is 0 Å². The van der Waals surface area contributed by atoms with Gasteiger partial charge in [0.2, 0.25) is 0 Å². The first kappa shape index (κ1) is 10.3. The van der Waals surface area contributed by atoms with Crippen LogP contribution in [-0.4, -0.2) is 21.1 Å². The van der Waals surface area contributed by atoms with Crippen molar-refractivity contribution >= 4 is 24.0 Å². The monoisotopic (exact) mass is 228 g/mol. The number of aromatic nitrogens is 2. The molecule has 1 aliphatic carbocycles. The Hall–Kier alpha value is -0.220. The normalized spacial score (nSPS) is 27.0. The lowest BCUT2D eigenvalue weighted by Crippen LogP contribution is -2.16. The minimum Gasteiger partial charge on any atom is -0.337 e. The van der Waals surface area contributed by atoms with Gasteiger partial charge in [-0.15, -0.1) is 0 Å². The molecule has 0 aromatic carbocycles. The number of nitrogens with zero attached hydrogens (tertiary/aromatic N) is 1. The van der Waals surface area contributed by atoms with Crippen molar-refractivity contribution in [1.29, 1.82) is 0 Å². The van der Waals surface area contributed by atoms with Crippen molar-refractivity contribution < 1.29 is 0 Å². The van der Waals surface area contributed by atoms with Crippen LogP contribution in [0, 0.1) is 11.7 Å². The number of rotatable bonds is 2. The van der Waals surface area contributed by atoms with E-state index in [9.17, 15) is 0 Å². The molecule has 1 saturated carbocycles. The van der Waals surface area contributed by atoms with Crippen LogP contribution in [0.1, 0.15) is 31.0 Å². The Morgan fingerprint density at radius 3 is 2.93 bits per heavy atom. The smallest absolute Gasteiger partial charge is 0.177 e. The lowest BCUT2D eigenvalue weighted by atomic mass is 10.2. The van der Waals surface area contributed by atoms with Crippen LogP contribution >= 0.6 is 24.0 Å². The Labute approximate surface area is 94.1 Å². The molecule has 1 aliphatic rings. The fraction of sp³-hybridized carbons (Fsp3) is 0.700. The average molecular weight is 228 g/mol. The van der Waals surface area contributed by atoms with Gasteiger partial charge in [0.1, 0.15) is 0 Å². The third kappa shape index (κ3) is 1.65. The van der Waals surface area contributed by atoms with Crippen molar-refractivity contribution in [3.05, 3.63) is 16.7 Å². The van der Waals surface area contributed by atoms with Gasteiger partial charge >= 0.3 is 0 Å². The third-order valence-electron chi connectivity index (χ3n) is 3.06. The summed E-state index contributed by atoms with van der Waals surface area (Å²) in [6.45, 7) is 2.13. The second-order valence-corrected chi connectivity index (χ2v) is 5.34. The fourth-order valence-electron chi connectivity index (χ4n) is 2.35. The number of H-pyrrole nitrogens is 1. The van der Waals surface area contributed by atoms with Gasteiger partial charge in [-0.2, -0.15) is 11.8 Å². The Morgan fingerprint density at radius 2 is 2.36 bits per heavy atom. The topological polar surface area (TPSA) is 20.7 Å². The van der Waals surface area contributed by atoms with Crippen LogP contribution in [0.15, 0.2) is 6.20 Å². The summed E-state index contributed by atoms with van der Waals surface area (Å²) in [5.74, 6) is 0. The molecule has 78 valence electrons. The molecule has 1 aromatic rings. The molecule has 1 fully saturated rings. The summed E-state index contributed by atoms with van der Waals surface area (Å²) in [6.07, 6.45) is 8.16. The summed E-state index contributed by atoms with van der Waals surface area (Å²) < 4.78 is 3.18. The summed E-state index contributed by atoms with van der Waals surface area (Å²) >= 11 is 7.28. The maximum atomic E-state index is 5.31. The van der Waals surface area contributed by atoms with Crippen molar-refractivity contribution in [2.45, 2.75) is 37.5 Å². The molecular formula is C10H16N2S2. The highest BCUT2D eigenvalue weighted by Gasteiger charge is 2.28. The first-order chi connectivity index (χ1) is 6.74. The van der Waals surface area contributed by atoms with E-state index in [0.717, 1.165) is 10.0 Å². The molecule has 2 nitrogen and oxygen atoms in total. The maximum Gasteiger partial charge on any atom is 0.177 e. The SMILES string of the molecule is CSC1CCCC1n1c(C)c[nH]c1=S. The van der Waals surface area contributed by atoms with Gasteiger partial charge in [0.05, 0.1) is 0 Å². The molecule has 4 heteroatoms. The second kappa shape index (κ2) is 4.11. The predicted molar refractivity (Wildman–Crippen MR) is 64.5 cm³/mol. The van der Waals surface area contributed by atoms with Crippen LogP contribution < -0.4 is 0 Å². The highest BCUT2D eigenvalue weighted by Crippen LogP contribution is 2.38. The molecule has 0 radical (unpaired) electrons. The number of aromatic amines is 1. The zero-order valence-electron chi connectivity index (χ0n) is 8.62. The molecule has 0 spiro atoms. The Balaban J connectivity index is 2.34. The predicted octanol–water partition coefficient (Wildman–Crippen LogP) is 3.31. The van der Waals surface area contributed by atoms with E-state index in [-0.39, 0.29) is 0 Å². The summed E-state index contributed by atoms with van der Waals surface area (Å²) in [6, 6.07) is 0.615. The maximum absolute atomic E-state index is 5.31. The summed E-state index contributed by atoms with van der Waals surface area (Å²) in [5.41, 5.74) is 1.26. The van der Waals surface area contributed by atoms with E-state index < -0.39 is 0 Å². The quantitative estimate of drug-likeness (QED) is 0.784. The van der Waals surface area contributed by atoms with Crippen molar-refractivity contribution in [3.63, 3.8) is 0 Å². The van der Waals surface area contributed by atoms with Crippen molar-refractivity contribution in [2.75, 3.05) is 6.26 Å². The van der Waals surface area contributed by atoms with E-state index in [1.807, 2.05) is 18.0 Å². The van der Waals surface area contributed by atoms with Crippen molar-refractivity contribution in [3.8, 4) is 0 Å². The molecule has 1 aromatic heterocycles. The third-order valence-corrected chi connectivity index (χ3v) is 4.53. The number of hydrogen-bond acceptors (Lipinski definition) is 2. The molecule has 2 rings (SSSR count). The van der Waals surface area contributed by atoms with Crippen LogP contribution in [0.3, 0.4) is 0 Å². The molecule has 0 bridgehead atoms. The summed E-state index contributed by atoms with van der Waals surface area (Å²) in [7, 11) is 0. The molecule has 2 atom stereocenters. The largest absolute Gasteiger partial charge is 0.337 e. The molecule has 0 amide bonds. The molecule has 14 heavy (non-hydrogen) atoms. The first-order valence-corrected chi connectivity index (χ1v) is 6.73. The van der Waals surface area contributed by atoms with Gasteiger partial charge < -0.3 is 9.55 Å². The molecule has 1 heterocycles. The van der Waals surface area contributed by atoms with Gasteiger partial charge in [-0.25, -0.2) is 0 Å². The van der Waals surface area contributed by atoms with Gasteiger partial charge in [0, 0.05) is 23.2 Å². The minimum atomic E-state index is 0.615. The van der Waals surface area contributed by atoms with E-state index in [0.29, 0.717) is 6.04 Å². The van der Waals surface area contributed by atoms with E-state index in [1.165, 1.54) is 25.0 Å². The average Bonchev–Trinajstić information content (AvgIpc) is 2.73. The molecule has 0 aliphatic heterocycles.